The Morgan fingerprint density at radius 2 is 1.78 bits per heavy atom. The SMILES string of the molecule is CCOc1ccc(Cl)cc1C=c1sc(=C(C#N)C(=O)Nc2ccc(Cl)cc2)n(-c2ccccc2)c1=O. The van der Waals surface area contributed by atoms with E-state index in [1.807, 2.05) is 19.1 Å². The van der Waals surface area contributed by atoms with Gasteiger partial charge in [-0.3, -0.25) is 14.2 Å². The zero-order chi connectivity index (χ0) is 25.7. The molecular formula is C27H19Cl2N3O3S. The Morgan fingerprint density at radius 1 is 1.08 bits per heavy atom. The summed E-state index contributed by atoms with van der Waals surface area (Å²) in [5.74, 6) is -0.0810. The van der Waals surface area contributed by atoms with E-state index >= 15 is 0 Å². The number of thiazole rings is 1. The van der Waals surface area contributed by atoms with Gasteiger partial charge in [-0.15, -0.1) is 11.3 Å². The number of aromatic nitrogens is 1. The summed E-state index contributed by atoms with van der Waals surface area (Å²) in [4.78, 5) is 26.7. The molecule has 0 aliphatic carbocycles. The summed E-state index contributed by atoms with van der Waals surface area (Å²) in [7, 11) is 0. The summed E-state index contributed by atoms with van der Waals surface area (Å²) in [6.07, 6.45) is 1.65. The summed E-state index contributed by atoms with van der Waals surface area (Å²) in [5, 5.41) is 13.7. The molecule has 0 saturated carbocycles. The topological polar surface area (TPSA) is 84.1 Å². The van der Waals surface area contributed by atoms with Gasteiger partial charge in [-0.05, 0) is 67.6 Å². The largest absolute Gasteiger partial charge is 0.493 e. The number of carbonyl (C=O) groups is 1. The van der Waals surface area contributed by atoms with E-state index in [0.29, 0.717) is 43.9 Å². The highest BCUT2D eigenvalue weighted by atomic mass is 35.5. The molecule has 4 rings (SSSR count). The van der Waals surface area contributed by atoms with Crippen molar-refractivity contribution in [1.29, 1.82) is 5.26 Å². The molecule has 180 valence electrons. The van der Waals surface area contributed by atoms with Gasteiger partial charge in [-0.1, -0.05) is 41.4 Å². The molecule has 1 N–H and O–H groups in total. The number of para-hydroxylation sites is 1. The van der Waals surface area contributed by atoms with Crippen molar-refractivity contribution in [2.75, 3.05) is 11.9 Å². The standard InChI is InChI=1S/C27H19Cl2N3O3S/c1-2-35-23-13-10-19(29)14-17(23)15-24-26(34)32(21-6-4-3-5-7-21)27(36-24)22(16-30)25(33)31-20-11-8-18(28)9-12-20/h3-15H,2H2,1H3,(H,31,33). The second kappa shape index (κ2) is 11.3. The molecule has 0 radical (unpaired) electrons. The van der Waals surface area contributed by atoms with E-state index < -0.39 is 5.91 Å². The van der Waals surface area contributed by atoms with Crippen LogP contribution >= 0.6 is 34.5 Å². The van der Waals surface area contributed by atoms with E-state index in [1.54, 1.807) is 72.8 Å². The molecule has 0 atom stereocenters. The second-order valence-electron chi connectivity index (χ2n) is 7.45. The van der Waals surface area contributed by atoms with Gasteiger partial charge in [-0.2, -0.15) is 5.26 Å². The third-order valence-corrected chi connectivity index (χ3v) is 6.63. The van der Waals surface area contributed by atoms with Gasteiger partial charge >= 0.3 is 0 Å². The van der Waals surface area contributed by atoms with Crippen LogP contribution in [-0.2, 0) is 4.79 Å². The zero-order valence-electron chi connectivity index (χ0n) is 19.0. The summed E-state index contributed by atoms with van der Waals surface area (Å²) in [6.45, 7) is 2.29. The van der Waals surface area contributed by atoms with Crippen LogP contribution in [0.3, 0.4) is 0 Å². The van der Waals surface area contributed by atoms with Crippen molar-refractivity contribution in [1.82, 2.24) is 4.57 Å². The molecule has 0 aliphatic heterocycles. The number of rotatable bonds is 6. The van der Waals surface area contributed by atoms with Crippen molar-refractivity contribution in [3.63, 3.8) is 0 Å². The molecule has 1 heterocycles. The Kier molecular flexibility index (Phi) is 7.91. The van der Waals surface area contributed by atoms with Crippen LogP contribution in [0.4, 0.5) is 5.69 Å². The van der Waals surface area contributed by atoms with Crippen LogP contribution in [0.2, 0.25) is 10.0 Å². The lowest BCUT2D eigenvalue weighted by Crippen LogP contribution is -2.32. The number of nitrogens with zero attached hydrogens (tertiary/aromatic N) is 2. The molecule has 3 aromatic carbocycles. The zero-order valence-corrected chi connectivity index (χ0v) is 21.3. The number of nitriles is 1. The molecule has 0 bridgehead atoms. The summed E-state index contributed by atoms with van der Waals surface area (Å²) < 4.78 is 7.55. The van der Waals surface area contributed by atoms with Gasteiger partial charge in [0.1, 0.15) is 16.5 Å². The summed E-state index contributed by atoms with van der Waals surface area (Å²) >= 11 is 13.2. The van der Waals surface area contributed by atoms with Crippen LogP contribution in [0.5, 0.6) is 5.75 Å². The van der Waals surface area contributed by atoms with Crippen molar-refractivity contribution in [3.8, 4) is 17.5 Å². The van der Waals surface area contributed by atoms with E-state index in [1.165, 1.54) is 4.57 Å². The fraction of sp³-hybridized carbons (Fsp3) is 0.0741. The van der Waals surface area contributed by atoms with Gasteiger partial charge in [-0.25, -0.2) is 0 Å². The van der Waals surface area contributed by atoms with Crippen LogP contribution in [0.15, 0.2) is 77.6 Å². The number of hydrogen-bond donors (Lipinski definition) is 1. The predicted octanol–water partition coefficient (Wildman–Crippen LogP) is 4.75. The first-order chi connectivity index (χ1) is 17.4. The summed E-state index contributed by atoms with van der Waals surface area (Å²) in [5.41, 5.74) is 1.02. The van der Waals surface area contributed by atoms with Gasteiger partial charge in [0.15, 0.2) is 5.57 Å². The Hall–Kier alpha value is -3.83. The van der Waals surface area contributed by atoms with Gasteiger partial charge in [0.05, 0.1) is 16.8 Å². The smallest absolute Gasteiger partial charge is 0.273 e. The predicted molar refractivity (Wildman–Crippen MR) is 144 cm³/mol. The second-order valence-corrected chi connectivity index (χ2v) is 9.36. The van der Waals surface area contributed by atoms with E-state index in [9.17, 15) is 14.9 Å². The van der Waals surface area contributed by atoms with Crippen molar-refractivity contribution in [3.05, 3.63) is 108 Å². The third-order valence-electron chi connectivity index (χ3n) is 5.05. The highest BCUT2D eigenvalue weighted by Gasteiger charge is 2.17. The Bertz CT molecular complexity index is 1640. The lowest BCUT2D eigenvalue weighted by atomic mass is 10.2. The monoisotopic (exact) mass is 535 g/mol. The Labute approximate surface area is 220 Å². The van der Waals surface area contributed by atoms with Gasteiger partial charge < -0.3 is 10.1 Å². The van der Waals surface area contributed by atoms with Gasteiger partial charge in [0.25, 0.3) is 11.5 Å². The number of nitrogens with one attached hydrogen (secondary N) is 1. The molecule has 0 spiro atoms. The summed E-state index contributed by atoms with van der Waals surface area (Å²) in [6, 6.07) is 22.4. The van der Waals surface area contributed by atoms with Crippen molar-refractivity contribution < 1.29 is 9.53 Å². The molecule has 36 heavy (non-hydrogen) atoms. The van der Waals surface area contributed by atoms with Crippen LogP contribution < -0.4 is 24.8 Å². The normalized spacial score (nSPS) is 12.1. The van der Waals surface area contributed by atoms with Gasteiger partial charge in [0.2, 0.25) is 0 Å². The minimum atomic E-state index is -0.643. The quantitative estimate of drug-likeness (QED) is 0.386. The van der Waals surface area contributed by atoms with E-state index in [-0.39, 0.29) is 15.8 Å². The highest BCUT2D eigenvalue weighted by Crippen LogP contribution is 2.23. The highest BCUT2D eigenvalue weighted by molar-refractivity contribution is 7.07. The van der Waals surface area contributed by atoms with Crippen molar-refractivity contribution in [2.45, 2.75) is 6.92 Å². The average Bonchev–Trinajstić information content (AvgIpc) is 3.18. The molecule has 0 aliphatic rings. The molecule has 1 aromatic heterocycles. The first-order valence-electron chi connectivity index (χ1n) is 10.8. The lowest BCUT2D eigenvalue weighted by molar-refractivity contribution is -0.111. The molecule has 1 amide bonds. The van der Waals surface area contributed by atoms with Crippen LogP contribution in [-0.4, -0.2) is 17.1 Å². The molecule has 4 aromatic rings. The third kappa shape index (κ3) is 5.52. The van der Waals surface area contributed by atoms with Crippen molar-refractivity contribution in [2.24, 2.45) is 0 Å². The maximum absolute atomic E-state index is 13.6. The number of ether oxygens (including phenoxy) is 1. The molecule has 0 saturated heterocycles. The maximum Gasteiger partial charge on any atom is 0.273 e. The van der Waals surface area contributed by atoms with E-state index in [4.69, 9.17) is 27.9 Å². The van der Waals surface area contributed by atoms with Crippen LogP contribution in [0, 0.1) is 11.3 Å². The molecular weight excluding hydrogens is 517 g/mol. The molecule has 9 heteroatoms. The number of amides is 1. The number of anilines is 1. The number of benzene rings is 3. The van der Waals surface area contributed by atoms with Crippen LogP contribution in [0.25, 0.3) is 17.3 Å². The van der Waals surface area contributed by atoms with Crippen LogP contribution in [0.1, 0.15) is 12.5 Å². The Morgan fingerprint density at radius 3 is 2.44 bits per heavy atom. The van der Waals surface area contributed by atoms with E-state index in [2.05, 4.69) is 5.32 Å². The minimum Gasteiger partial charge on any atom is -0.493 e. The Balaban J connectivity index is 1.96. The number of halogens is 2. The number of carbonyl (C=O) groups excluding carboxylic acids is 1. The molecule has 0 unspecified atom stereocenters. The van der Waals surface area contributed by atoms with E-state index in [0.717, 1.165) is 11.3 Å². The van der Waals surface area contributed by atoms with Crippen molar-refractivity contribution >= 4 is 57.8 Å². The van der Waals surface area contributed by atoms with Gasteiger partial charge in [0, 0.05) is 21.3 Å². The lowest BCUT2D eigenvalue weighted by Gasteiger charge is -2.06. The minimum absolute atomic E-state index is 0.200. The number of hydrogen-bond acceptors (Lipinski definition) is 5. The molecule has 0 fully saturated rings. The fourth-order valence-corrected chi connectivity index (χ4v) is 4.84. The first kappa shape index (κ1) is 25.3. The average molecular weight is 536 g/mol. The fourth-order valence-electron chi connectivity index (χ4n) is 3.44. The first-order valence-corrected chi connectivity index (χ1v) is 12.4. The molecule has 6 nitrogen and oxygen atoms in total. The maximum atomic E-state index is 13.6.